The van der Waals surface area contributed by atoms with Crippen LogP contribution in [0.15, 0.2) is 60.9 Å². The smallest absolute Gasteiger partial charge is 0.251 e. The Morgan fingerprint density at radius 3 is 2.45 bits per heavy atom. The summed E-state index contributed by atoms with van der Waals surface area (Å²) in [4.78, 5) is 30.7. The number of nitrogens with one attached hydrogen (secondary N) is 2. The number of aryl methyl sites for hydroxylation is 1. The fraction of sp³-hybridized carbons (Fsp3) is 0.448. The van der Waals surface area contributed by atoms with Crippen LogP contribution < -0.4 is 10.6 Å². The third kappa shape index (κ3) is 6.46. The van der Waals surface area contributed by atoms with Crippen molar-refractivity contribution in [3.05, 3.63) is 77.6 Å². The van der Waals surface area contributed by atoms with Gasteiger partial charge in [0.15, 0.2) is 0 Å². The summed E-state index contributed by atoms with van der Waals surface area (Å²) in [5, 5.41) is 14.5. The molecule has 200 valence electrons. The molecule has 1 aromatic heterocycles. The second-order valence-corrected chi connectivity index (χ2v) is 10.5. The van der Waals surface area contributed by atoms with Gasteiger partial charge in [-0.25, -0.2) is 4.68 Å². The summed E-state index contributed by atoms with van der Waals surface area (Å²) in [5.41, 5.74) is 4.00. The lowest BCUT2D eigenvalue weighted by Crippen LogP contribution is -2.54. The van der Waals surface area contributed by atoms with Gasteiger partial charge in [0.05, 0.1) is 18.1 Å². The highest BCUT2D eigenvalue weighted by Gasteiger charge is 2.37. The van der Waals surface area contributed by atoms with Gasteiger partial charge in [-0.1, -0.05) is 35.0 Å². The van der Waals surface area contributed by atoms with Crippen LogP contribution in [0.2, 0.25) is 0 Å². The molecule has 1 aliphatic carbocycles. The van der Waals surface area contributed by atoms with Crippen molar-refractivity contribution >= 4 is 11.8 Å². The Morgan fingerprint density at radius 1 is 1.03 bits per heavy atom. The summed E-state index contributed by atoms with van der Waals surface area (Å²) < 4.78 is 1.64. The first kappa shape index (κ1) is 26.1. The number of piperazine rings is 1. The molecule has 9 heteroatoms. The summed E-state index contributed by atoms with van der Waals surface area (Å²) in [6.07, 6.45) is 5.91. The largest absolute Gasteiger partial charge is 0.340 e. The SMILES string of the molecule is Cc1ccc([C@H]2C[C@@H]2NCCC[C@@H](NC(=O)c2ccc(-n3ccnn3)cc2)C(=O)N2CCN(C)CC2)cc1. The Labute approximate surface area is 224 Å². The lowest BCUT2D eigenvalue weighted by Gasteiger charge is -2.34. The number of aromatic nitrogens is 3. The third-order valence-corrected chi connectivity index (χ3v) is 7.61. The predicted octanol–water partition coefficient (Wildman–Crippen LogP) is 2.37. The maximum atomic E-state index is 13.4. The first-order chi connectivity index (χ1) is 18.5. The lowest BCUT2D eigenvalue weighted by molar-refractivity contribution is -0.135. The van der Waals surface area contributed by atoms with Gasteiger partial charge < -0.3 is 20.4 Å². The molecule has 0 spiro atoms. The molecule has 0 radical (unpaired) electrons. The molecule has 1 aliphatic heterocycles. The van der Waals surface area contributed by atoms with Crippen LogP contribution in [0, 0.1) is 6.92 Å². The van der Waals surface area contributed by atoms with E-state index in [4.69, 9.17) is 0 Å². The van der Waals surface area contributed by atoms with E-state index in [1.54, 1.807) is 29.2 Å². The summed E-state index contributed by atoms with van der Waals surface area (Å²) in [5.74, 6) is 0.338. The molecule has 3 atom stereocenters. The van der Waals surface area contributed by atoms with E-state index >= 15 is 0 Å². The fourth-order valence-electron chi connectivity index (χ4n) is 5.05. The van der Waals surface area contributed by atoms with Gasteiger partial charge in [-0.2, -0.15) is 0 Å². The highest BCUT2D eigenvalue weighted by atomic mass is 16.2. The van der Waals surface area contributed by atoms with Crippen molar-refractivity contribution in [3.8, 4) is 5.69 Å². The van der Waals surface area contributed by atoms with Crippen LogP contribution in [0.25, 0.3) is 5.69 Å². The van der Waals surface area contributed by atoms with E-state index in [9.17, 15) is 9.59 Å². The molecule has 2 heterocycles. The number of carbonyl (C=O) groups excluding carboxylic acids is 2. The fourth-order valence-corrected chi connectivity index (χ4v) is 5.05. The van der Waals surface area contributed by atoms with Gasteiger partial charge in [-0.05, 0) is 69.6 Å². The molecule has 2 aliphatic rings. The van der Waals surface area contributed by atoms with Gasteiger partial charge >= 0.3 is 0 Å². The van der Waals surface area contributed by atoms with Crippen molar-refractivity contribution < 1.29 is 9.59 Å². The van der Waals surface area contributed by atoms with E-state index in [0.29, 0.717) is 37.0 Å². The summed E-state index contributed by atoms with van der Waals surface area (Å²) in [6, 6.07) is 15.9. The van der Waals surface area contributed by atoms with E-state index in [1.807, 2.05) is 17.0 Å². The second-order valence-electron chi connectivity index (χ2n) is 10.5. The normalized spacial score (nSPS) is 20.2. The van der Waals surface area contributed by atoms with Gasteiger partial charge in [-0.15, -0.1) is 5.10 Å². The highest BCUT2D eigenvalue weighted by Crippen LogP contribution is 2.40. The predicted molar refractivity (Wildman–Crippen MR) is 146 cm³/mol. The van der Waals surface area contributed by atoms with Crippen LogP contribution in [-0.4, -0.2) is 88.5 Å². The second kappa shape index (κ2) is 11.9. The minimum Gasteiger partial charge on any atom is -0.340 e. The maximum Gasteiger partial charge on any atom is 0.251 e. The number of nitrogens with zero attached hydrogens (tertiary/aromatic N) is 5. The number of amides is 2. The van der Waals surface area contributed by atoms with Gasteiger partial charge in [0.25, 0.3) is 5.91 Å². The average molecular weight is 516 g/mol. The Kier molecular flexibility index (Phi) is 8.14. The summed E-state index contributed by atoms with van der Waals surface area (Å²) in [6.45, 7) is 6.00. The number of hydrogen-bond donors (Lipinski definition) is 2. The molecule has 1 saturated carbocycles. The van der Waals surface area contributed by atoms with Crippen molar-refractivity contribution in [2.75, 3.05) is 39.8 Å². The minimum atomic E-state index is -0.546. The Bertz CT molecular complexity index is 1200. The van der Waals surface area contributed by atoms with Crippen molar-refractivity contribution in [2.24, 2.45) is 0 Å². The van der Waals surface area contributed by atoms with E-state index < -0.39 is 6.04 Å². The molecule has 0 bridgehead atoms. The number of hydrogen-bond acceptors (Lipinski definition) is 6. The minimum absolute atomic E-state index is 0.00893. The van der Waals surface area contributed by atoms with E-state index in [2.05, 4.69) is 64.1 Å². The first-order valence-electron chi connectivity index (χ1n) is 13.5. The molecule has 3 aromatic rings. The molecule has 2 N–H and O–H groups in total. The highest BCUT2D eigenvalue weighted by molar-refractivity contribution is 5.97. The zero-order chi connectivity index (χ0) is 26.5. The Hall–Kier alpha value is -3.56. The van der Waals surface area contributed by atoms with Crippen LogP contribution in [0.1, 0.15) is 46.7 Å². The molecule has 9 nitrogen and oxygen atoms in total. The van der Waals surface area contributed by atoms with Crippen LogP contribution in [0.5, 0.6) is 0 Å². The zero-order valence-electron chi connectivity index (χ0n) is 22.2. The van der Waals surface area contributed by atoms with Crippen LogP contribution in [0.3, 0.4) is 0 Å². The molecule has 38 heavy (non-hydrogen) atoms. The number of rotatable bonds is 10. The zero-order valence-corrected chi connectivity index (χ0v) is 22.2. The molecular formula is C29H37N7O2. The lowest BCUT2D eigenvalue weighted by atomic mass is 10.1. The molecule has 2 aromatic carbocycles. The van der Waals surface area contributed by atoms with Gasteiger partial charge in [0.1, 0.15) is 6.04 Å². The monoisotopic (exact) mass is 515 g/mol. The molecule has 1 saturated heterocycles. The average Bonchev–Trinajstić information content (AvgIpc) is 3.49. The Balaban J connectivity index is 1.16. The van der Waals surface area contributed by atoms with Gasteiger partial charge in [0.2, 0.25) is 5.91 Å². The van der Waals surface area contributed by atoms with Crippen LogP contribution >= 0.6 is 0 Å². The first-order valence-corrected chi connectivity index (χ1v) is 13.5. The van der Waals surface area contributed by atoms with Gasteiger partial charge in [0, 0.05) is 43.7 Å². The molecule has 2 amide bonds. The van der Waals surface area contributed by atoms with Crippen LogP contribution in [0.4, 0.5) is 0 Å². The Morgan fingerprint density at radius 2 is 1.76 bits per heavy atom. The van der Waals surface area contributed by atoms with Crippen molar-refractivity contribution in [1.82, 2.24) is 35.4 Å². The maximum absolute atomic E-state index is 13.4. The standard InChI is InChI=1S/C29H37N7O2/c1-21-5-7-22(8-6-21)25-20-27(25)30-13-3-4-26(29(38)35-18-16-34(2)17-19-35)32-28(37)23-9-11-24(12-10-23)36-15-14-31-33-36/h5-12,14-15,25-27,30H,3-4,13,16-20H2,1-2H3,(H,32,37)/t25-,26-,27+/m1/s1. The third-order valence-electron chi connectivity index (χ3n) is 7.61. The summed E-state index contributed by atoms with van der Waals surface area (Å²) >= 11 is 0. The molecule has 5 rings (SSSR count). The number of carbonyl (C=O) groups is 2. The number of likely N-dealkylation sites (N-methyl/N-ethyl adjacent to an activating group) is 1. The quantitative estimate of drug-likeness (QED) is 0.403. The molecular weight excluding hydrogens is 478 g/mol. The van der Waals surface area contributed by atoms with E-state index in [0.717, 1.165) is 38.2 Å². The van der Waals surface area contributed by atoms with Gasteiger partial charge in [-0.3, -0.25) is 9.59 Å². The summed E-state index contributed by atoms with van der Waals surface area (Å²) in [7, 11) is 2.07. The van der Waals surface area contributed by atoms with Crippen molar-refractivity contribution in [3.63, 3.8) is 0 Å². The van der Waals surface area contributed by atoms with E-state index in [-0.39, 0.29) is 11.8 Å². The van der Waals surface area contributed by atoms with Crippen LogP contribution in [-0.2, 0) is 4.79 Å². The number of benzene rings is 2. The molecule has 2 fully saturated rings. The van der Waals surface area contributed by atoms with E-state index in [1.165, 1.54) is 11.1 Å². The van der Waals surface area contributed by atoms with Crippen molar-refractivity contribution in [1.29, 1.82) is 0 Å². The topological polar surface area (TPSA) is 95.4 Å². The molecule has 0 unspecified atom stereocenters. The van der Waals surface area contributed by atoms with Crippen molar-refractivity contribution in [2.45, 2.75) is 44.2 Å².